The number of hydrogen-bond acceptors (Lipinski definition) is 4. The monoisotopic (exact) mass is 265 g/mol. The van der Waals surface area contributed by atoms with Gasteiger partial charge in [-0.2, -0.15) is 0 Å². The van der Waals surface area contributed by atoms with Crippen molar-refractivity contribution in [2.24, 2.45) is 0 Å². The van der Waals surface area contributed by atoms with Crippen molar-refractivity contribution in [1.29, 1.82) is 0 Å². The maximum Gasteiger partial charge on any atom is 0.253 e. The van der Waals surface area contributed by atoms with Crippen LogP contribution in [0.25, 0.3) is 0 Å². The lowest BCUT2D eigenvalue weighted by Crippen LogP contribution is -2.45. The van der Waals surface area contributed by atoms with E-state index in [1.165, 1.54) is 13.3 Å². The summed E-state index contributed by atoms with van der Waals surface area (Å²) in [6.07, 6.45) is 1.40. The van der Waals surface area contributed by atoms with Gasteiger partial charge in [0.25, 0.3) is 5.91 Å². The summed E-state index contributed by atoms with van der Waals surface area (Å²) in [5, 5.41) is 5.28. The molecule has 0 radical (unpaired) electrons. The van der Waals surface area contributed by atoms with E-state index in [9.17, 15) is 9.59 Å². The molecule has 0 aliphatic rings. The van der Waals surface area contributed by atoms with Crippen molar-refractivity contribution in [3.63, 3.8) is 0 Å². The van der Waals surface area contributed by atoms with Gasteiger partial charge in [-0.3, -0.25) is 9.59 Å². The molecule has 2 amide bonds. The molecule has 1 aromatic heterocycles. The van der Waals surface area contributed by atoms with Gasteiger partial charge in [0.1, 0.15) is 0 Å². The van der Waals surface area contributed by atoms with E-state index in [0.29, 0.717) is 11.4 Å². The van der Waals surface area contributed by atoms with Crippen molar-refractivity contribution in [2.75, 3.05) is 13.7 Å². The Morgan fingerprint density at radius 3 is 2.47 bits per heavy atom. The molecule has 0 atom stereocenters. The Labute approximate surface area is 112 Å². The van der Waals surface area contributed by atoms with Crippen LogP contribution in [0.1, 0.15) is 31.1 Å². The molecular weight excluding hydrogens is 246 g/mol. The SMILES string of the molecule is COc1ccc(C(=O)NCC(=O)NC(C)(C)C)cn1. The van der Waals surface area contributed by atoms with Crippen molar-refractivity contribution in [3.8, 4) is 5.88 Å². The van der Waals surface area contributed by atoms with E-state index in [2.05, 4.69) is 15.6 Å². The minimum atomic E-state index is -0.348. The van der Waals surface area contributed by atoms with Crippen LogP contribution in [0.3, 0.4) is 0 Å². The third kappa shape index (κ3) is 5.37. The number of nitrogens with zero attached hydrogens (tertiary/aromatic N) is 1. The van der Waals surface area contributed by atoms with E-state index in [1.807, 2.05) is 20.8 Å². The number of nitrogens with one attached hydrogen (secondary N) is 2. The smallest absolute Gasteiger partial charge is 0.253 e. The lowest BCUT2D eigenvalue weighted by Gasteiger charge is -2.20. The molecule has 1 rings (SSSR count). The zero-order chi connectivity index (χ0) is 14.5. The third-order valence-electron chi connectivity index (χ3n) is 2.13. The fourth-order valence-corrected chi connectivity index (χ4v) is 1.36. The van der Waals surface area contributed by atoms with Gasteiger partial charge in [0.2, 0.25) is 11.8 Å². The van der Waals surface area contributed by atoms with Gasteiger partial charge in [0.15, 0.2) is 0 Å². The minimum Gasteiger partial charge on any atom is -0.481 e. The molecule has 0 aliphatic carbocycles. The highest BCUT2D eigenvalue weighted by atomic mass is 16.5. The highest BCUT2D eigenvalue weighted by Crippen LogP contribution is 2.06. The van der Waals surface area contributed by atoms with Crippen LogP contribution in [0.4, 0.5) is 0 Å². The summed E-state index contributed by atoms with van der Waals surface area (Å²) in [5.74, 6) is -0.149. The Morgan fingerprint density at radius 2 is 2.00 bits per heavy atom. The molecule has 104 valence electrons. The van der Waals surface area contributed by atoms with E-state index in [4.69, 9.17) is 4.74 Å². The molecule has 0 aromatic carbocycles. The van der Waals surface area contributed by atoms with Gasteiger partial charge < -0.3 is 15.4 Å². The Hall–Kier alpha value is -2.11. The van der Waals surface area contributed by atoms with Gasteiger partial charge in [0.05, 0.1) is 19.2 Å². The van der Waals surface area contributed by atoms with Gasteiger partial charge in [-0.05, 0) is 26.8 Å². The van der Waals surface area contributed by atoms with Crippen molar-refractivity contribution in [2.45, 2.75) is 26.3 Å². The first-order chi connectivity index (χ1) is 8.81. The first-order valence-corrected chi connectivity index (χ1v) is 5.91. The summed E-state index contributed by atoms with van der Waals surface area (Å²) in [4.78, 5) is 27.2. The summed E-state index contributed by atoms with van der Waals surface area (Å²) in [6.45, 7) is 5.56. The molecule has 0 fully saturated rings. The van der Waals surface area contributed by atoms with Gasteiger partial charge in [-0.15, -0.1) is 0 Å². The molecule has 0 unspecified atom stereocenters. The second kappa shape index (κ2) is 6.17. The number of amides is 2. The fourth-order valence-electron chi connectivity index (χ4n) is 1.36. The topological polar surface area (TPSA) is 80.3 Å². The second-order valence-corrected chi connectivity index (χ2v) is 5.07. The highest BCUT2D eigenvalue weighted by Gasteiger charge is 2.14. The maximum absolute atomic E-state index is 11.7. The van der Waals surface area contributed by atoms with Gasteiger partial charge in [-0.25, -0.2) is 4.98 Å². The molecule has 6 nitrogen and oxygen atoms in total. The van der Waals surface area contributed by atoms with Crippen LogP contribution >= 0.6 is 0 Å². The van der Waals surface area contributed by atoms with Crippen molar-refractivity contribution in [3.05, 3.63) is 23.9 Å². The van der Waals surface area contributed by atoms with Crippen LogP contribution in [0, 0.1) is 0 Å². The molecule has 2 N–H and O–H groups in total. The number of carbonyl (C=O) groups is 2. The van der Waals surface area contributed by atoms with Gasteiger partial charge >= 0.3 is 0 Å². The third-order valence-corrected chi connectivity index (χ3v) is 2.13. The molecule has 0 saturated carbocycles. The van der Waals surface area contributed by atoms with E-state index in [1.54, 1.807) is 12.1 Å². The first-order valence-electron chi connectivity index (χ1n) is 5.91. The number of pyridine rings is 1. The first kappa shape index (κ1) is 14.9. The molecule has 1 heterocycles. The summed E-state index contributed by atoms with van der Waals surface area (Å²) >= 11 is 0. The predicted molar refractivity (Wildman–Crippen MR) is 71.0 cm³/mol. The van der Waals surface area contributed by atoms with E-state index < -0.39 is 0 Å². The maximum atomic E-state index is 11.7. The largest absolute Gasteiger partial charge is 0.481 e. The number of hydrogen-bond donors (Lipinski definition) is 2. The zero-order valence-electron chi connectivity index (χ0n) is 11.6. The normalized spacial score (nSPS) is 10.7. The van der Waals surface area contributed by atoms with E-state index in [-0.39, 0.29) is 23.9 Å². The number of ether oxygens (including phenoxy) is 1. The van der Waals surface area contributed by atoms with E-state index in [0.717, 1.165) is 0 Å². The summed E-state index contributed by atoms with van der Waals surface area (Å²) in [5.41, 5.74) is 0.0630. The molecule has 6 heteroatoms. The molecule has 0 spiro atoms. The van der Waals surface area contributed by atoms with Crippen molar-refractivity contribution >= 4 is 11.8 Å². The van der Waals surface area contributed by atoms with E-state index >= 15 is 0 Å². The second-order valence-electron chi connectivity index (χ2n) is 5.07. The Balaban J connectivity index is 2.49. The molecule has 0 aliphatic heterocycles. The molecule has 1 aromatic rings. The Kier molecular flexibility index (Phi) is 4.86. The summed E-state index contributed by atoms with van der Waals surface area (Å²) in [6, 6.07) is 3.17. The fraction of sp³-hybridized carbons (Fsp3) is 0.462. The van der Waals surface area contributed by atoms with Crippen molar-refractivity contribution < 1.29 is 14.3 Å². The van der Waals surface area contributed by atoms with Gasteiger partial charge in [0, 0.05) is 17.8 Å². The van der Waals surface area contributed by atoms with Crippen molar-refractivity contribution in [1.82, 2.24) is 15.6 Å². The average molecular weight is 265 g/mol. The molecule has 0 bridgehead atoms. The lowest BCUT2D eigenvalue weighted by molar-refractivity contribution is -0.121. The van der Waals surface area contributed by atoms with Crippen LogP contribution in [0.15, 0.2) is 18.3 Å². The van der Waals surface area contributed by atoms with Crippen LogP contribution in [-0.2, 0) is 4.79 Å². The summed E-state index contributed by atoms with van der Waals surface area (Å²) in [7, 11) is 1.50. The number of methoxy groups -OCH3 is 1. The molecule has 19 heavy (non-hydrogen) atoms. The van der Waals surface area contributed by atoms with Crippen LogP contribution in [0.2, 0.25) is 0 Å². The Morgan fingerprint density at radius 1 is 1.32 bits per heavy atom. The van der Waals surface area contributed by atoms with Crippen LogP contribution in [0.5, 0.6) is 5.88 Å². The standard InChI is InChI=1S/C13H19N3O3/c1-13(2,3)16-10(17)8-15-12(18)9-5-6-11(19-4)14-7-9/h5-7H,8H2,1-4H3,(H,15,18)(H,16,17). The number of rotatable bonds is 4. The van der Waals surface area contributed by atoms with Crippen LogP contribution < -0.4 is 15.4 Å². The molecular formula is C13H19N3O3. The highest BCUT2D eigenvalue weighted by molar-refractivity contribution is 5.96. The summed E-state index contributed by atoms with van der Waals surface area (Å²) < 4.78 is 4.90. The lowest BCUT2D eigenvalue weighted by atomic mass is 10.1. The van der Waals surface area contributed by atoms with Crippen LogP contribution in [-0.4, -0.2) is 36.0 Å². The predicted octanol–water partition coefficient (Wildman–Crippen LogP) is 0.735. The average Bonchev–Trinajstić information content (AvgIpc) is 2.34. The zero-order valence-corrected chi connectivity index (χ0v) is 11.6. The Bertz CT molecular complexity index is 449. The van der Waals surface area contributed by atoms with Gasteiger partial charge in [-0.1, -0.05) is 0 Å². The number of carbonyl (C=O) groups excluding carboxylic acids is 2. The minimum absolute atomic E-state index is 0.0673. The molecule has 0 saturated heterocycles. The number of aromatic nitrogens is 1. The quantitative estimate of drug-likeness (QED) is 0.841.